The van der Waals surface area contributed by atoms with E-state index in [1.165, 1.54) is 29.3 Å². The van der Waals surface area contributed by atoms with Crippen molar-refractivity contribution in [2.45, 2.75) is 26.5 Å². The number of para-hydroxylation sites is 1. The summed E-state index contributed by atoms with van der Waals surface area (Å²) in [5.41, 5.74) is 0.945. The van der Waals surface area contributed by atoms with Gasteiger partial charge in [0.05, 0.1) is 29.8 Å². The van der Waals surface area contributed by atoms with Crippen molar-refractivity contribution in [3.63, 3.8) is 0 Å². The van der Waals surface area contributed by atoms with Crippen molar-refractivity contribution in [2.75, 3.05) is 26.5 Å². The Morgan fingerprint density at radius 2 is 1.91 bits per heavy atom. The zero-order valence-corrected chi connectivity index (χ0v) is 19.0. The molecule has 2 aromatic rings. The van der Waals surface area contributed by atoms with Crippen LogP contribution >= 0.6 is 0 Å². The van der Waals surface area contributed by atoms with Crippen molar-refractivity contribution in [3.05, 3.63) is 59.3 Å². The number of ether oxygens (including phenoxy) is 1. The lowest BCUT2D eigenvalue weighted by Crippen LogP contribution is -2.50. The quantitative estimate of drug-likeness (QED) is 0.259. The number of benzene rings is 1. The van der Waals surface area contributed by atoms with Gasteiger partial charge in [-0.3, -0.25) is 9.59 Å². The van der Waals surface area contributed by atoms with E-state index in [2.05, 4.69) is 18.2 Å². The van der Waals surface area contributed by atoms with Crippen molar-refractivity contribution in [1.82, 2.24) is 9.91 Å². The molecular formula is C23H30N4O5. The maximum absolute atomic E-state index is 12.4. The van der Waals surface area contributed by atoms with Gasteiger partial charge in [0.15, 0.2) is 11.9 Å². The number of nitrogens with two attached hydrogens (primary N) is 1. The number of hydrazine groups is 1. The second-order valence-corrected chi connectivity index (χ2v) is 6.47. The number of phenolic OH excluding ortho intramolecular Hbond substituents is 1. The number of nitrogens with zero attached hydrogens (tertiary/aromatic N) is 2. The number of carbonyl (C=O) groups excluding carboxylic acids is 2. The molecule has 1 heterocycles. The lowest BCUT2D eigenvalue weighted by molar-refractivity contribution is -0.127. The van der Waals surface area contributed by atoms with Crippen molar-refractivity contribution in [3.8, 4) is 18.6 Å². The van der Waals surface area contributed by atoms with Crippen LogP contribution in [0.5, 0.6) is 5.75 Å². The highest BCUT2D eigenvalue weighted by molar-refractivity contribution is 6.11. The number of aromatic hydroxyl groups is 1. The summed E-state index contributed by atoms with van der Waals surface area (Å²) < 4.78 is 10.5. The van der Waals surface area contributed by atoms with Gasteiger partial charge in [0.1, 0.15) is 11.5 Å². The normalized spacial score (nSPS) is 14.2. The van der Waals surface area contributed by atoms with E-state index in [0.717, 1.165) is 0 Å². The van der Waals surface area contributed by atoms with Crippen molar-refractivity contribution < 1.29 is 23.8 Å². The molecule has 1 unspecified atom stereocenters. The molecule has 0 spiro atoms. The van der Waals surface area contributed by atoms with Gasteiger partial charge in [-0.2, -0.15) is 0 Å². The number of hydrogen-bond acceptors (Lipinski definition) is 8. The predicted molar refractivity (Wildman–Crippen MR) is 122 cm³/mol. The van der Waals surface area contributed by atoms with E-state index in [0.29, 0.717) is 11.5 Å². The molecule has 1 aromatic carbocycles. The molecule has 0 saturated heterocycles. The number of methoxy groups -OCH3 is 1. The van der Waals surface area contributed by atoms with Crippen molar-refractivity contribution in [1.29, 1.82) is 0 Å². The van der Waals surface area contributed by atoms with Gasteiger partial charge in [0.25, 0.3) is 5.91 Å². The zero-order chi connectivity index (χ0) is 24.4. The Kier molecular flexibility index (Phi) is 10.0. The van der Waals surface area contributed by atoms with Crippen LogP contribution in [0.3, 0.4) is 0 Å². The fraction of sp³-hybridized carbons (Fsp3) is 0.304. The molecule has 1 aliphatic carbocycles. The molecule has 0 fully saturated rings. The molecule has 1 aromatic heterocycles. The van der Waals surface area contributed by atoms with Gasteiger partial charge in [0.2, 0.25) is 5.78 Å². The fourth-order valence-corrected chi connectivity index (χ4v) is 2.92. The van der Waals surface area contributed by atoms with E-state index < -0.39 is 6.10 Å². The number of amides is 1. The number of rotatable bonds is 7. The molecule has 0 bridgehead atoms. The third kappa shape index (κ3) is 5.49. The maximum Gasteiger partial charge on any atom is 0.257 e. The first-order chi connectivity index (χ1) is 15.3. The van der Waals surface area contributed by atoms with Gasteiger partial charge in [-0.15, -0.1) is 12.8 Å². The minimum Gasteiger partial charge on any atom is -0.505 e. The van der Waals surface area contributed by atoms with Crippen molar-refractivity contribution >= 4 is 17.4 Å². The van der Waals surface area contributed by atoms with Gasteiger partial charge in [-0.05, 0) is 24.3 Å². The van der Waals surface area contributed by atoms with Crippen molar-refractivity contribution in [2.24, 2.45) is 5.84 Å². The number of Topliss-reactive ketones (excluding diaryl/α,β-unsaturated/α-hetero) is 1. The van der Waals surface area contributed by atoms with Crippen LogP contribution in [0.1, 0.15) is 30.0 Å². The first-order valence-corrected chi connectivity index (χ1v) is 9.85. The van der Waals surface area contributed by atoms with Crippen LogP contribution in [-0.4, -0.2) is 54.0 Å². The molecule has 1 amide bonds. The van der Waals surface area contributed by atoms with E-state index in [1.807, 2.05) is 13.8 Å². The van der Waals surface area contributed by atoms with Gasteiger partial charge < -0.3 is 29.5 Å². The minimum absolute atomic E-state index is 0.118. The Hall–Kier alpha value is -3.74. The predicted octanol–water partition coefficient (Wildman–Crippen LogP) is 2.56. The molecule has 172 valence electrons. The number of terminal acetylenes is 1. The smallest absolute Gasteiger partial charge is 0.257 e. The van der Waals surface area contributed by atoms with Crippen LogP contribution in [0.4, 0.5) is 5.69 Å². The highest BCUT2D eigenvalue weighted by Gasteiger charge is 2.43. The molecule has 1 aliphatic rings. The number of hydrogen-bond donors (Lipinski definition) is 3. The van der Waals surface area contributed by atoms with Crippen LogP contribution in [0, 0.1) is 12.8 Å². The van der Waals surface area contributed by atoms with E-state index in [4.69, 9.17) is 15.0 Å². The van der Waals surface area contributed by atoms with E-state index in [1.54, 1.807) is 38.4 Å². The third-order valence-electron chi connectivity index (χ3n) is 4.37. The van der Waals surface area contributed by atoms with E-state index >= 15 is 0 Å². The molecule has 9 heteroatoms. The molecule has 3 rings (SSSR count). The Balaban J connectivity index is 0.00000121. The average molecular weight is 443 g/mol. The topological polar surface area (TPSA) is 121 Å². The zero-order valence-electron chi connectivity index (χ0n) is 19.0. The number of ketones is 1. The monoisotopic (exact) mass is 442 g/mol. The largest absolute Gasteiger partial charge is 0.505 e. The lowest BCUT2D eigenvalue weighted by atomic mass is 9.93. The fourth-order valence-electron chi connectivity index (χ4n) is 2.92. The van der Waals surface area contributed by atoms with Gasteiger partial charge >= 0.3 is 0 Å². The maximum atomic E-state index is 12.4. The van der Waals surface area contributed by atoms with Crippen LogP contribution in [-0.2, 0) is 16.1 Å². The SMILES string of the molecule is C#C.CC.COC1C(=O)C(Nc2cccc(C(=O)N(C)C)c2O)=C1N(N)Cc1ccco1. The van der Waals surface area contributed by atoms with Crippen LogP contribution in [0.2, 0.25) is 0 Å². The minimum atomic E-state index is -0.823. The molecule has 4 N–H and O–H groups in total. The second kappa shape index (κ2) is 12.2. The molecule has 0 saturated carbocycles. The molecule has 9 nitrogen and oxygen atoms in total. The lowest BCUT2D eigenvalue weighted by Gasteiger charge is -2.36. The Bertz CT molecular complexity index is 964. The summed E-state index contributed by atoms with van der Waals surface area (Å²) in [6, 6.07) is 8.18. The standard InChI is InChI=1S/C19H22N4O5.C2H6.C2H2/c1-22(2)19(26)12-7-4-8-13(16(12)24)21-14-15(18(27-3)17(14)25)23(20)10-11-6-5-9-28-11;2*1-2/h4-9,18,21,24H,10,20H2,1-3H3;1-2H3;1-2H. The number of furan rings is 1. The van der Waals surface area contributed by atoms with Crippen LogP contribution in [0.15, 0.2) is 52.4 Å². The summed E-state index contributed by atoms with van der Waals surface area (Å²) in [6.07, 6.45) is 8.71. The first-order valence-electron chi connectivity index (χ1n) is 9.85. The Morgan fingerprint density at radius 1 is 1.25 bits per heavy atom. The number of carbonyl (C=O) groups is 2. The van der Waals surface area contributed by atoms with E-state index in [-0.39, 0.29) is 40.9 Å². The van der Waals surface area contributed by atoms with Gasteiger partial charge in [-0.1, -0.05) is 19.9 Å². The highest BCUT2D eigenvalue weighted by Crippen LogP contribution is 2.35. The number of phenols is 1. The molecular weight excluding hydrogens is 412 g/mol. The summed E-state index contributed by atoms with van der Waals surface area (Å²) in [5, 5.41) is 14.7. The molecule has 0 radical (unpaired) electrons. The number of nitrogens with one attached hydrogen (secondary N) is 1. The van der Waals surface area contributed by atoms with Gasteiger partial charge in [0, 0.05) is 21.2 Å². The summed E-state index contributed by atoms with van der Waals surface area (Å²) in [5.74, 6) is 5.81. The molecule has 32 heavy (non-hydrogen) atoms. The van der Waals surface area contributed by atoms with Crippen LogP contribution < -0.4 is 11.2 Å². The highest BCUT2D eigenvalue weighted by atomic mass is 16.5. The second-order valence-electron chi connectivity index (χ2n) is 6.47. The van der Waals surface area contributed by atoms with Crippen LogP contribution in [0.25, 0.3) is 0 Å². The summed E-state index contributed by atoms with van der Waals surface area (Å²) in [7, 11) is 4.58. The molecule has 1 atom stereocenters. The molecule has 0 aliphatic heterocycles. The van der Waals surface area contributed by atoms with E-state index in [9.17, 15) is 14.7 Å². The Morgan fingerprint density at radius 3 is 2.44 bits per heavy atom. The first kappa shape index (κ1) is 26.3. The summed E-state index contributed by atoms with van der Waals surface area (Å²) >= 11 is 0. The van der Waals surface area contributed by atoms with Gasteiger partial charge in [-0.25, -0.2) is 5.84 Å². The third-order valence-corrected chi connectivity index (χ3v) is 4.37. The number of anilines is 1. The Labute approximate surface area is 188 Å². The summed E-state index contributed by atoms with van der Waals surface area (Å²) in [4.78, 5) is 26.0. The average Bonchev–Trinajstić information content (AvgIpc) is 3.31. The summed E-state index contributed by atoms with van der Waals surface area (Å²) in [6.45, 7) is 4.23.